The molecule has 23 heavy (non-hydrogen) atoms. The smallest absolute Gasteiger partial charge is 0.305 e. The average Bonchev–Trinajstić information content (AvgIpc) is 2.53. The predicted molar refractivity (Wildman–Crippen MR) is 88.2 cm³/mol. The van der Waals surface area contributed by atoms with Crippen LogP contribution in [0.15, 0.2) is 0 Å². The molecule has 1 saturated heterocycles. The number of aliphatic carboxylic acids is 1. The van der Waals surface area contributed by atoms with Crippen LogP contribution in [-0.2, 0) is 14.3 Å². The lowest BCUT2D eigenvalue weighted by Crippen LogP contribution is -2.54. The van der Waals surface area contributed by atoms with Crippen LogP contribution in [-0.4, -0.2) is 35.7 Å². The van der Waals surface area contributed by atoms with Gasteiger partial charge in [0.05, 0.1) is 12.0 Å². The van der Waals surface area contributed by atoms with Crippen LogP contribution in [0.5, 0.6) is 0 Å². The van der Waals surface area contributed by atoms with Gasteiger partial charge in [-0.05, 0) is 44.4 Å². The Morgan fingerprint density at radius 3 is 2.39 bits per heavy atom. The minimum atomic E-state index is -0.851. The Morgan fingerprint density at radius 2 is 1.83 bits per heavy atom. The highest BCUT2D eigenvalue weighted by atomic mass is 16.5. The van der Waals surface area contributed by atoms with Gasteiger partial charge in [-0.25, -0.2) is 0 Å². The van der Waals surface area contributed by atoms with Gasteiger partial charge in [-0.2, -0.15) is 0 Å². The molecule has 5 heteroatoms. The van der Waals surface area contributed by atoms with Gasteiger partial charge in [-0.1, -0.05) is 26.2 Å². The third-order valence-electron chi connectivity index (χ3n) is 5.51. The number of carboxylic acid groups (broad SMARTS) is 1. The van der Waals surface area contributed by atoms with Gasteiger partial charge in [0.2, 0.25) is 5.91 Å². The number of rotatable bonds is 7. The third kappa shape index (κ3) is 5.48. The Morgan fingerprint density at radius 1 is 1.17 bits per heavy atom. The molecule has 0 aromatic rings. The lowest BCUT2D eigenvalue weighted by atomic mass is 9.78. The Kier molecular flexibility index (Phi) is 6.88. The summed E-state index contributed by atoms with van der Waals surface area (Å²) in [6, 6.07) is 0. The van der Waals surface area contributed by atoms with Crippen LogP contribution in [0.2, 0.25) is 0 Å². The fourth-order valence-electron chi connectivity index (χ4n) is 3.97. The number of hydrogen-bond acceptors (Lipinski definition) is 3. The summed E-state index contributed by atoms with van der Waals surface area (Å²) in [7, 11) is 0. The van der Waals surface area contributed by atoms with Crippen LogP contribution >= 0.6 is 0 Å². The van der Waals surface area contributed by atoms with E-state index in [1.807, 2.05) is 0 Å². The summed E-state index contributed by atoms with van der Waals surface area (Å²) < 4.78 is 5.34. The second-order valence-electron chi connectivity index (χ2n) is 7.31. The molecular weight excluding hydrogens is 294 g/mol. The monoisotopic (exact) mass is 325 g/mol. The summed E-state index contributed by atoms with van der Waals surface area (Å²) in [5.74, 6) is 0.0361. The second-order valence-corrected chi connectivity index (χ2v) is 7.31. The third-order valence-corrected chi connectivity index (χ3v) is 5.51. The van der Waals surface area contributed by atoms with Crippen molar-refractivity contribution in [2.45, 2.75) is 76.7 Å². The van der Waals surface area contributed by atoms with Crippen molar-refractivity contribution in [2.75, 3.05) is 13.2 Å². The molecule has 5 nitrogen and oxygen atoms in total. The summed E-state index contributed by atoms with van der Waals surface area (Å²) in [6.07, 6.45) is 9.14. The van der Waals surface area contributed by atoms with Gasteiger partial charge in [0, 0.05) is 19.1 Å². The fraction of sp³-hybridized carbons (Fsp3) is 0.889. The van der Waals surface area contributed by atoms with E-state index in [1.165, 1.54) is 19.3 Å². The summed E-state index contributed by atoms with van der Waals surface area (Å²) >= 11 is 0. The van der Waals surface area contributed by atoms with Crippen LogP contribution in [0.25, 0.3) is 0 Å². The quantitative estimate of drug-likeness (QED) is 0.754. The molecule has 0 bridgehead atoms. The van der Waals surface area contributed by atoms with E-state index < -0.39 is 11.5 Å². The zero-order chi connectivity index (χ0) is 16.7. The zero-order valence-electron chi connectivity index (χ0n) is 14.3. The zero-order valence-corrected chi connectivity index (χ0v) is 14.3. The Labute approximate surface area is 139 Å². The molecule has 0 aromatic carbocycles. The van der Waals surface area contributed by atoms with Gasteiger partial charge in [-0.15, -0.1) is 0 Å². The number of hydrogen-bond donors (Lipinski definition) is 2. The van der Waals surface area contributed by atoms with Crippen molar-refractivity contribution < 1.29 is 19.4 Å². The average molecular weight is 325 g/mol. The van der Waals surface area contributed by atoms with Crippen molar-refractivity contribution in [3.05, 3.63) is 0 Å². The minimum absolute atomic E-state index is 0.00601. The maximum Gasteiger partial charge on any atom is 0.305 e. The number of unbranched alkanes of at least 4 members (excludes halogenated alkanes) is 1. The normalized spacial score (nSPS) is 27.3. The molecule has 0 aromatic heterocycles. The van der Waals surface area contributed by atoms with E-state index in [1.54, 1.807) is 0 Å². The van der Waals surface area contributed by atoms with Crippen molar-refractivity contribution in [3.8, 4) is 0 Å². The lowest BCUT2D eigenvalue weighted by molar-refractivity contribution is -0.141. The lowest BCUT2D eigenvalue weighted by Gasteiger charge is -2.38. The van der Waals surface area contributed by atoms with E-state index in [4.69, 9.17) is 4.74 Å². The first-order valence-electron chi connectivity index (χ1n) is 9.16. The van der Waals surface area contributed by atoms with E-state index >= 15 is 0 Å². The molecule has 2 aliphatic rings. The first-order valence-corrected chi connectivity index (χ1v) is 9.16. The van der Waals surface area contributed by atoms with Gasteiger partial charge in [0.1, 0.15) is 0 Å². The molecule has 1 amide bonds. The molecule has 2 N–H and O–H groups in total. The van der Waals surface area contributed by atoms with Gasteiger partial charge in [0.15, 0.2) is 0 Å². The first kappa shape index (κ1) is 18.2. The number of nitrogens with one attached hydrogen (secondary N) is 1. The molecule has 0 spiro atoms. The van der Waals surface area contributed by atoms with Crippen molar-refractivity contribution in [1.29, 1.82) is 0 Å². The molecular formula is C18H31NO4. The minimum Gasteiger partial charge on any atom is -0.481 e. The summed E-state index contributed by atoms with van der Waals surface area (Å²) in [5, 5.41) is 12.3. The van der Waals surface area contributed by atoms with Crippen LogP contribution in [0.1, 0.15) is 71.1 Å². The number of amides is 1. The number of carboxylic acids is 1. The Balaban J connectivity index is 1.86. The molecule has 1 aliphatic carbocycles. The predicted octanol–water partition coefficient (Wildman–Crippen LogP) is 3.12. The molecule has 132 valence electrons. The van der Waals surface area contributed by atoms with Crippen molar-refractivity contribution in [3.63, 3.8) is 0 Å². The maximum absolute atomic E-state index is 12.6. The highest BCUT2D eigenvalue weighted by Crippen LogP contribution is 2.33. The molecule has 1 aliphatic heterocycles. The second kappa shape index (κ2) is 8.67. The van der Waals surface area contributed by atoms with E-state index in [9.17, 15) is 14.7 Å². The molecule has 1 saturated carbocycles. The molecule has 0 atom stereocenters. The number of carbonyl (C=O) groups excluding carboxylic acids is 1. The Bertz CT molecular complexity index is 396. The molecule has 2 fully saturated rings. The molecule has 0 radical (unpaired) electrons. The fourth-order valence-corrected chi connectivity index (χ4v) is 3.97. The molecule has 1 heterocycles. The standard InChI is InChI=1S/C18H31NO4/c1-2-3-4-14-5-7-15(8-6-14)17(22)19-18(13-16(20)21)9-11-23-12-10-18/h14-15H,2-13H2,1H3,(H,19,22)(H,20,21). The van der Waals surface area contributed by atoms with Crippen LogP contribution < -0.4 is 5.32 Å². The first-order chi connectivity index (χ1) is 11.0. The maximum atomic E-state index is 12.6. The van der Waals surface area contributed by atoms with Crippen molar-refractivity contribution in [2.24, 2.45) is 11.8 Å². The van der Waals surface area contributed by atoms with Gasteiger partial charge in [-0.3, -0.25) is 9.59 Å². The Hall–Kier alpha value is -1.10. The van der Waals surface area contributed by atoms with Gasteiger partial charge < -0.3 is 15.2 Å². The molecule has 0 unspecified atom stereocenters. The van der Waals surface area contributed by atoms with Gasteiger partial charge in [0.25, 0.3) is 0 Å². The summed E-state index contributed by atoms with van der Waals surface area (Å²) in [6.45, 7) is 3.27. The van der Waals surface area contributed by atoms with Crippen molar-refractivity contribution in [1.82, 2.24) is 5.32 Å². The summed E-state index contributed by atoms with van der Waals surface area (Å²) in [4.78, 5) is 23.8. The van der Waals surface area contributed by atoms with E-state index in [-0.39, 0.29) is 18.2 Å². The number of ether oxygens (including phenoxy) is 1. The highest BCUT2D eigenvalue weighted by Gasteiger charge is 2.38. The highest BCUT2D eigenvalue weighted by molar-refractivity contribution is 5.80. The van der Waals surface area contributed by atoms with E-state index in [0.29, 0.717) is 26.1 Å². The van der Waals surface area contributed by atoms with Crippen LogP contribution in [0.4, 0.5) is 0 Å². The topological polar surface area (TPSA) is 75.6 Å². The molecule has 2 rings (SSSR count). The van der Waals surface area contributed by atoms with Crippen molar-refractivity contribution >= 4 is 11.9 Å². The largest absolute Gasteiger partial charge is 0.481 e. The van der Waals surface area contributed by atoms with Gasteiger partial charge >= 0.3 is 5.97 Å². The van der Waals surface area contributed by atoms with Crippen LogP contribution in [0, 0.1) is 11.8 Å². The number of carbonyl (C=O) groups is 2. The SMILES string of the molecule is CCCCC1CCC(C(=O)NC2(CC(=O)O)CCOCC2)CC1. The van der Waals surface area contributed by atoms with E-state index in [0.717, 1.165) is 31.6 Å². The van der Waals surface area contributed by atoms with E-state index in [2.05, 4.69) is 12.2 Å². The summed E-state index contributed by atoms with van der Waals surface area (Å²) in [5.41, 5.74) is -0.611. The van der Waals surface area contributed by atoms with Crippen LogP contribution in [0.3, 0.4) is 0 Å².